The summed E-state index contributed by atoms with van der Waals surface area (Å²) in [4.78, 5) is 8.47. The maximum absolute atomic E-state index is 10.2. The van der Waals surface area contributed by atoms with E-state index in [-0.39, 0.29) is 5.28 Å². The molecule has 1 aliphatic heterocycles. The number of hydrogen-bond donors (Lipinski definition) is 4. The van der Waals surface area contributed by atoms with Crippen LogP contribution in [0.25, 0.3) is 11.0 Å². The van der Waals surface area contributed by atoms with Crippen LogP contribution in [0.15, 0.2) is 6.20 Å². The lowest BCUT2D eigenvalue weighted by Gasteiger charge is -2.16. The highest BCUT2D eigenvalue weighted by molar-refractivity contribution is 6.28. The first-order chi connectivity index (χ1) is 12.1. The lowest BCUT2D eigenvalue weighted by molar-refractivity contribution is -0.0566. The summed E-state index contributed by atoms with van der Waals surface area (Å²) >= 11 is 6.07. The minimum absolute atomic E-state index is 0.0569. The number of aromatic nitrogens is 4. The molecule has 2 aromatic rings. The van der Waals surface area contributed by atoms with E-state index in [1.165, 1.54) is 17.5 Å². The largest absolute Gasteiger partial charge is 0.394 e. The predicted molar refractivity (Wildman–Crippen MR) is 89.2 cm³/mol. The van der Waals surface area contributed by atoms with E-state index in [1.54, 1.807) is 6.20 Å². The van der Waals surface area contributed by atoms with Gasteiger partial charge < -0.3 is 25.4 Å². The van der Waals surface area contributed by atoms with E-state index >= 15 is 0 Å². The van der Waals surface area contributed by atoms with Crippen molar-refractivity contribution >= 4 is 28.5 Å². The molecule has 1 aliphatic carbocycles. The van der Waals surface area contributed by atoms with Gasteiger partial charge in [-0.15, -0.1) is 0 Å². The molecule has 2 aliphatic rings. The van der Waals surface area contributed by atoms with Gasteiger partial charge in [-0.3, -0.25) is 0 Å². The Bertz CT molecular complexity index is 766. The third kappa shape index (κ3) is 2.96. The molecule has 1 saturated carbocycles. The molecule has 1 saturated heterocycles. The smallest absolute Gasteiger partial charge is 0.226 e. The van der Waals surface area contributed by atoms with E-state index in [4.69, 9.17) is 16.3 Å². The van der Waals surface area contributed by atoms with Crippen molar-refractivity contribution in [2.24, 2.45) is 0 Å². The van der Waals surface area contributed by atoms with E-state index < -0.39 is 31.1 Å². The molecule has 0 radical (unpaired) electrons. The van der Waals surface area contributed by atoms with Crippen LogP contribution in [-0.2, 0) is 4.74 Å². The summed E-state index contributed by atoms with van der Waals surface area (Å²) in [5.74, 6) is 0.597. The van der Waals surface area contributed by atoms with Crippen molar-refractivity contribution in [3.63, 3.8) is 0 Å². The van der Waals surface area contributed by atoms with Crippen LogP contribution in [0.1, 0.15) is 31.9 Å². The molecule has 2 aromatic heterocycles. The fraction of sp³-hybridized carbons (Fsp3) is 0.667. The van der Waals surface area contributed by atoms with Crippen molar-refractivity contribution in [3.05, 3.63) is 11.5 Å². The SMILES string of the molecule is OCC1O[C@@H](n2ncc3c(NC4CCCC4)nc(Cl)nc32)[C@H](O)[C@@H]1O. The second-order valence-electron chi connectivity index (χ2n) is 6.52. The molecule has 0 amide bonds. The van der Waals surface area contributed by atoms with Crippen molar-refractivity contribution in [1.82, 2.24) is 19.7 Å². The normalized spacial score (nSPS) is 30.4. The molecule has 10 heteroatoms. The lowest BCUT2D eigenvalue weighted by Crippen LogP contribution is -2.33. The molecule has 4 rings (SSSR count). The van der Waals surface area contributed by atoms with E-state index in [0.717, 1.165) is 12.8 Å². The van der Waals surface area contributed by atoms with Crippen molar-refractivity contribution in [3.8, 4) is 0 Å². The highest BCUT2D eigenvalue weighted by Crippen LogP contribution is 2.33. The summed E-state index contributed by atoms with van der Waals surface area (Å²) in [5.41, 5.74) is 0.398. The van der Waals surface area contributed by atoms with E-state index in [1.807, 2.05) is 0 Å². The average Bonchev–Trinajstić information content (AvgIpc) is 3.29. The standard InChI is InChI=1S/C15H20ClN5O4/c16-15-19-12(18-7-3-1-2-4-7)8-5-17-21(13(8)20-15)14-11(24)10(23)9(6-22)25-14/h5,7,9-11,14,22-24H,1-4,6H2,(H,18,19,20)/t9?,10-,11-,14-/m1/s1. The highest BCUT2D eigenvalue weighted by Gasteiger charge is 2.44. The second kappa shape index (κ2) is 6.65. The summed E-state index contributed by atoms with van der Waals surface area (Å²) in [5, 5.41) is 37.8. The van der Waals surface area contributed by atoms with Gasteiger partial charge in [-0.2, -0.15) is 15.1 Å². The van der Waals surface area contributed by atoms with E-state index in [0.29, 0.717) is 22.9 Å². The zero-order valence-electron chi connectivity index (χ0n) is 13.4. The van der Waals surface area contributed by atoms with Crippen LogP contribution >= 0.6 is 11.6 Å². The quantitative estimate of drug-likeness (QED) is 0.572. The maximum atomic E-state index is 10.2. The second-order valence-corrected chi connectivity index (χ2v) is 6.86. The first-order valence-electron chi connectivity index (χ1n) is 8.38. The van der Waals surface area contributed by atoms with Crippen LogP contribution < -0.4 is 5.32 Å². The molecule has 9 nitrogen and oxygen atoms in total. The van der Waals surface area contributed by atoms with Gasteiger partial charge in [-0.1, -0.05) is 12.8 Å². The fourth-order valence-corrected chi connectivity index (χ4v) is 3.71. The average molecular weight is 370 g/mol. The van der Waals surface area contributed by atoms with Crippen LogP contribution in [0, 0.1) is 0 Å². The number of nitrogens with zero attached hydrogens (tertiary/aromatic N) is 4. The lowest BCUT2D eigenvalue weighted by atomic mass is 10.1. The van der Waals surface area contributed by atoms with Gasteiger partial charge in [0.15, 0.2) is 11.9 Å². The van der Waals surface area contributed by atoms with Crippen LogP contribution in [0.2, 0.25) is 5.28 Å². The van der Waals surface area contributed by atoms with Crippen LogP contribution in [-0.4, -0.2) is 66.0 Å². The summed E-state index contributed by atoms with van der Waals surface area (Å²) in [6.07, 6.45) is 1.81. The van der Waals surface area contributed by atoms with Crippen molar-refractivity contribution in [1.29, 1.82) is 0 Å². The van der Waals surface area contributed by atoms with Gasteiger partial charge in [0, 0.05) is 6.04 Å². The Morgan fingerprint density at radius 2 is 2.00 bits per heavy atom. The molecule has 3 heterocycles. The number of ether oxygens (including phenoxy) is 1. The van der Waals surface area contributed by atoms with Gasteiger partial charge in [-0.05, 0) is 24.4 Å². The van der Waals surface area contributed by atoms with E-state index in [9.17, 15) is 15.3 Å². The van der Waals surface area contributed by atoms with Gasteiger partial charge in [0.05, 0.1) is 18.2 Å². The minimum atomic E-state index is -1.24. The van der Waals surface area contributed by atoms with E-state index in [2.05, 4.69) is 20.4 Å². The highest BCUT2D eigenvalue weighted by atomic mass is 35.5. The summed E-state index contributed by atoms with van der Waals surface area (Å²) < 4.78 is 6.89. The number of aliphatic hydroxyl groups is 3. The summed E-state index contributed by atoms with van der Waals surface area (Å²) in [7, 11) is 0. The zero-order valence-corrected chi connectivity index (χ0v) is 14.2. The first kappa shape index (κ1) is 16.9. The Balaban J connectivity index is 1.70. The number of aliphatic hydroxyl groups excluding tert-OH is 3. The zero-order chi connectivity index (χ0) is 17.6. The van der Waals surface area contributed by atoms with Crippen molar-refractivity contribution in [2.75, 3.05) is 11.9 Å². The molecule has 0 spiro atoms. The number of hydrogen-bond acceptors (Lipinski definition) is 8. The molecule has 0 aromatic carbocycles. The minimum Gasteiger partial charge on any atom is -0.394 e. The van der Waals surface area contributed by atoms with Gasteiger partial charge >= 0.3 is 0 Å². The number of rotatable bonds is 4. The van der Waals surface area contributed by atoms with Crippen molar-refractivity contribution in [2.45, 2.75) is 56.3 Å². The summed E-state index contributed by atoms with van der Waals surface area (Å²) in [6.45, 7) is -0.405. The number of fused-ring (bicyclic) bond motifs is 1. The van der Waals surface area contributed by atoms with Gasteiger partial charge in [-0.25, -0.2) is 4.68 Å². The molecule has 1 unspecified atom stereocenters. The molecule has 4 N–H and O–H groups in total. The molecule has 25 heavy (non-hydrogen) atoms. The van der Waals surface area contributed by atoms with Crippen LogP contribution in [0.5, 0.6) is 0 Å². The molecule has 0 bridgehead atoms. The number of anilines is 1. The first-order valence-corrected chi connectivity index (χ1v) is 8.76. The summed E-state index contributed by atoms with van der Waals surface area (Å²) in [6, 6.07) is 0.339. The third-order valence-electron chi connectivity index (χ3n) is 4.88. The number of nitrogens with one attached hydrogen (secondary N) is 1. The molecular weight excluding hydrogens is 350 g/mol. The Kier molecular flexibility index (Phi) is 4.50. The monoisotopic (exact) mass is 369 g/mol. The van der Waals surface area contributed by atoms with Gasteiger partial charge in [0.25, 0.3) is 0 Å². The maximum Gasteiger partial charge on any atom is 0.226 e. The Morgan fingerprint density at radius 1 is 1.24 bits per heavy atom. The predicted octanol–water partition coefficient (Wildman–Crippen LogP) is 0.446. The Hall–Kier alpha value is -1.52. The van der Waals surface area contributed by atoms with Gasteiger partial charge in [0.2, 0.25) is 5.28 Å². The third-order valence-corrected chi connectivity index (χ3v) is 5.05. The number of halogens is 1. The Morgan fingerprint density at radius 3 is 2.68 bits per heavy atom. The topological polar surface area (TPSA) is 126 Å². The molecule has 136 valence electrons. The fourth-order valence-electron chi connectivity index (χ4n) is 3.54. The Labute approximate surface area is 148 Å². The molecule has 2 fully saturated rings. The molecular formula is C15H20ClN5O4. The molecule has 4 atom stereocenters. The van der Waals surface area contributed by atoms with Gasteiger partial charge in [0.1, 0.15) is 24.1 Å². The van der Waals surface area contributed by atoms with Crippen molar-refractivity contribution < 1.29 is 20.1 Å². The van der Waals surface area contributed by atoms with Crippen LogP contribution in [0.4, 0.5) is 5.82 Å². The van der Waals surface area contributed by atoms with Crippen LogP contribution in [0.3, 0.4) is 0 Å².